The normalized spacial score (nSPS) is 17.1. The highest BCUT2D eigenvalue weighted by molar-refractivity contribution is 6.46. The van der Waals surface area contributed by atoms with Gasteiger partial charge in [0.1, 0.15) is 11.5 Å². The van der Waals surface area contributed by atoms with E-state index in [1.54, 1.807) is 37.4 Å². The van der Waals surface area contributed by atoms with E-state index in [1.807, 2.05) is 26.8 Å². The molecule has 0 aromatic heterocycles. The molecule has 1 amide bonds. The summed E-state index contributed by atoms with van der Waals surface area (Å²) in [4.78, 5) is 27.9. The number of carbonyl (C=O) groups is 2. The van der Waals surface area contributed by atoms with Crippen LogP contribution in [0.1, 0.15) is 55.8 Å². The lowest BCUT2D eigenvalue weighted by molar-refractivity contribution is -0.140. The standard InChI is InChI=1S/C28H35NO7/c1-7-36-21-11-10-19(15-20(21)17(2)3)26(30)24-25(18-9-12-22(34-5)23(16-18)35-6)29(13-8-14-33-4)28(32)27(24)31/h9-12,15-17,25,30H,7-8,13-14H2,1-6H3/b26-24+. The van der Waals surface area contributed by atoms with E-state index < -0.39 is 17.7 Å². The molecule has 0 saturated carbocycles. The number of hydrogen-bond acceptors (Lipinski definition) is 7. The van der Waals surface area contributed by atoms with Crippen LogP contribution in [0, 0.1) is 0 Å². The third kappa shape index (κ3) is 5.33. The number of benzene rings is 2. The fourth-order valence-corrected chi connectivity index (χ4v) is 4.45. The first kappa shape index (κ1) is 27.1. The molecule has 3 rings (SSSR count). The molecule has 1 fully saturated rings. The van der Waals surface area contributed by atoms with Gasteiger partial charge in [-0.3, -0.25) is 9.59 Å². The highest BCUT2D eigenvalue weighted by atomic mass is 16.5. The number of ketones is 1. The quantitative estimate of drug-likeness (QED) is 0.208. The summed E-state index contributed by atoms with van der Waals surface area (Å²) in [6.07, 6.45) is 0.536. The molecule has 1 N–H and O–H groups in total. The minimum atomic E-state index is -0.796. The van der Waals surface area contributed by atoms with Crippen molar-refractivity contribution in [1.82, 2.24) is 4.90 Å². The smallest absolute Gasteiger partial charge is 0.295 e. The Morgan fingerprint density at radius 2 is 1.69 bits per heavy atom. The SMILES string of the molecule is CCOc1ccc(/C(O)=C2\C(=O)C(=O)N(CCCOC)C2c2ccc(OC)c(OC)c2)cc1C(C)C. The molecule has 8 heteroatoms. The molecule has 1 atom stereocenters. The number of likely N-dealkylation sites (tertiary alicyclic amines) is 1. The van der Waals surface area contributed by atoms with E-state index in [2.05, 4.69) is 0 Å². The topological polar surface area (TPSA) is 94.5 Å². The van der Waals surface area contributed by atoms with Crippen LogP contribution >= 0.6 is 0 Å². The molecule has 0 spiro atoms. The van der Waals surface area contributed by atoms with Gasteiger partial charge < -0.3 is 29.0 Å². The van der Waals surface area contributed by atoms with Crippen LogP contribution < -0.4 is 14.2 Å². The van der Waals surface area contributed by atoms with E-state index >= 15 is 0 Å². The second-order valence-corrected chi connectivity index (χ2v) is 8.79. The Bertz CT molecular complexity index is 1140. The fraction of sp³-hybridized carbons (Fsp3) is 0.429. The van der Waals surface area contributed by atoms with E-state index in [0.29, 0.717) is 42.3 Å². The van der Waals surface area contributed by atoms with Gasteiger partial charge in [-0.15, -0.1) is 0 Å². The van der Waals surface area contributed by atoms with Crippen LogP contribution in [0.5, 0.6) is 17.2 Å². The molecule has 0 bridgehead atoms. The van der Waals surface area contributed by atoms with E-state index in [1.165, 1.54) is 19.1 Å². The second-order valence-electron chi connectivity index (χ2n) is 8.79. The van der Waals surface area contributed by atoms with Crippen molar-refractivity contribution in [2.24, 2.45) is 0 Å². The van der Waals surface area contributed by atoms with Gasteiger partial charge in [0.25, 0.3) is 11.7 Å². The number of amides is 1. The van der Waals surface area contributed by atoms with Gasteiger partial charge in [0, 0.05) is 25.8 Å². The van der Waals surface area contributed by atoms with Crippen LogP contribution in [0.4, 0.5) is 0 Å². The molecule has 1 saturated heterocycles. The Morgan fingerprint density at radius 3 is 2.31 bits per heavy atom. The molecule has 36 heavy (non-hydrogen) atoms. The molecule has 1 aliphatic rings. The van der Waals surface area contributed by atoms with Crippen LogP contribution in [0.15, 0.2) is 42.0 Å². The van der Waals surface area contributed by atoms with Gasteiger partial charge in [-0.05, 0) is 60.7 Å². The van der Waals surface area contributed by atoms with Crippen LogP contribution in [0.3, 0.4) is 0 Å². The maximum atomic E-state index is 13.3. The number of hydrogen-bond donors (Lipinski definition) is 1. The number of aliphatic hydroxyl groups excluding tert-OH is 1. The van der Waals surface area contributed by atoms with Gasteiger partial charge in [-0.2, -0.15) is 0 Å². The van der Waals surface area contributed by atoms with Crippen LogP contribution in [-0.2, 0) is 14.3 Å². The third-order valence-corrected chi connectivity index (χ3v) is 6.22. The number of methoxy groups -OCH3 is 3. The summed E-state index contributed by atoms with van der Waals surface area (Å²) in [7, 11) is 4.63. The zero-order valence-corrected chi connectivity index (χ0v) is 21.8. The van der Waals surface area contributed by atoms with Gasteiger partial charge in [0.15, 0.2) is 11.5 Å². The number of ether oxygens (including phenoxy) is 4. The summed E-state index contributed by atoms with van der Waals surface area (Å²) >= 11 is 0. The van der Waals surface area contributed by atoms with Gasteiger partial charge in [0.05, 0.1) is 32.4 Å². The number of Topliss-reactive ketones (excluding diaryl/α,β-unsaturated/α-hetero) is 1. The Labute approximate surface area is 212 Å². The van der Waals surface area contributed by atoms with Crippen LogP contribution in [-0.4, -0.2) is 62.8 Å². The molecule has 0 aliphatic carbocycles. The van der Waals surface area contributed by atoms with Gasteiger partial charge in [-0.1, -0.05) is 19.9 Å². The van der Waals surface area contributed by atoms with E-state index in [9.17, 15) is 14.7 Å². The zero-order chi connectivity index (χ0) is 26.4. The first-order valence-corrected chi connectivity index (χ1v) is 12.0. The Morgan fingerprint density at radius 1 is 1.00 bits per heavy atom. The van der Waals surface area contributed by atoms with Crippen molar-refractivity contribution >= 4 is 17.4 Å². The number of rotatable bonds is 11. The molecular formula is C28H35NO7. The molecular weight excluding hydrogens is 462 g/mol. The van der Waals surface area contributed by atoms with Crippen molar-refractivity contribution < 1.29 is 33.6 Å². The molecule has 2 aromatic rings. The van der Waals surface area contributed by atoms with Gasteiger partial charge >= 0.3 is 0 Å². The molecule has 0 radical (unpaired) electrons. The van der Waals surface area contributed by atoms with E-state index in [0.717, 1.165) is 11.3 Å². The zero-order valence-electron chi connectivity index (χ0n) is 21.8. The molecule has 1 unspecified atom stereocenters. The van der Waals surface area contributed by atoms with Gasteiger partial charge in [-0.25, -0.2) is 0 Å². The minimum Gasteiger partial charge on any atom is -0.507 e. The Hall–Kier alpha value is -3.52. The Kier molecular flexibility index (Phi) is 8.98. The van der Waals surface area contributed by atoms with Crippen molar-refractivity contribution in [3.63, 3.8) is 0 Å². The molecule has 1 aliphatic heterocycles. The van der Waals surface area contributed by atoms with Crippen LogP contribution in [0.25, 0.3) is 5.76 Å². The Balaban J connectivity index is 2.19. The average Bonchev–Trinajstić information content (AvgIpc) is 3.13. The highest BCUT2D eigenvalue weighted by Crippen LogP contribution is 2.42. The van der Waals surface area contributed by atoms with Crippen molar-refractivity contribution in [3.8, 4) is 17.2 Å². The predicted molar refractivity (Wildman–Crippen MR) is 137 cm³/mol. The van der Waals surface area contributed by atoms with Crippen molar-refractivity contribution in [3.05, 3.63) is 58.7 Å². The second kappa shape index (κ2) is 11.9. The fourth-order valence-electron chi connectivity index (χ4n) is 4.45. The number of aliphatic hydroxyl groups is 1. The van der Waals surface area contributed by atoms with Crippen LogP contribution in [0.2, 0.25) is 0 Å². The molecule has 8 nitrogen and oxygen atoms in total. The summed E-state index contributed by atoms with van der Waals surface area (Å²) in [6.45, 7) is 7.19. The molecule has 2 aromatic carbocycles. The highest BCUT2D eigenvalue weighted by Gasteiger charge is 2.46. The summed E-state index contributed by atoms with van der Waals surface area (Å²) in [5.74, 6) is 0.198. The van der Waals surface area contributed by atoms with Gasteiger partial charge in [0.2, 0.25) is 0 Å². The third-order valence-electron chi connectivity index (χ3n) is 6.22. The van der Waals surface area contributed by atoms with Crippen molar-refractivity contribution in [1.29, 1.82) is 0 Å². The minimum absolute atomic E-state index is 0.0310. The summed E-state index contributed by atoms with van der Waals surface area (Å²) in [5, 5.41) is 11.4. The first-order valence-electron chi connectivity index (χ1n) is 12.0. The lowest BCUT2D eigenvalue weighted by Crippen LogP contribution is -2.31. The molecule has 194 valence electrons. The maximum Gasteiger partial charge on any atom is 0.295 e. The van der Waals surface area contributed by atoms with E-state index in [4.69, 9.17) is 18.9 Å². The summed E-state index contributed by atoms with van der Waals surface area (Å²) in [6, 6.07) is 9.72. The summed E-state index contributed by atoms with van der Waals surface area (Å²) in [5.41, 5.74) is 2.00. The maximum absolute atomic E-state index is 13.3. The first-order chi connectivity index (χ1) is 17.3. The lowest BCUT2D eigenvalue weighted by atomic mass is 9.93. The van der Waals surface area contributed by atoms with Crippen molar-refractivity contribution in [2.45, 2.75) is 39.2 Å². The number of nitrogens with zero attached hydrogens (tertiary/aromatic N) is 1. The van der Waals surface area contributed by atoms with E-state index in [-0.39, 0.29) is 23.8 Å². The average molecular weight is 498 g/mol. The van der Waals surface area contributed by atoms with Crippen molar-refractivity contribution in [2.75, 3.05) is 41.1 Å². The monoisotopic (exact) mass is 497 g/mol. The summed E-state index contributed by atoms with van der Waals surface area (Å²) < 4.78 is 21.7. The number of carbonyl (C=O) groups excluding carboxylic acids is 2. The lowest BCUT2D eigenvalue weighted by Gasteiger charge is -2.26. The largest absolute Gasteiger partial charge is 0.507 e. The molecule has 1 heterocycles. The predicted octanol–water partition coefficient (Wildman–Crippen LogP) is 4.68.